The minimum absolute atomic E-state index is 0.734. The monoisotopic (exact) mass is 122 g/mol. The Balaban J connectivity index is 2.14. The summed E-state index contributed by atoms with van der Waals surface area (Å²) in [5, 5.41) is 0. The third-order valence-electron chi connectivity index (χ3n) is 2.41. The normalized spacial score (nSPS) is 39.1. The summed E-state index contributed by atoms with van der Waals surface area (Å²) in [6.45, 7) is 1.07. The summed E-state index contributed by atoms with van der Waals surface area (Å²) in [5.74, 6) is 1.66. The molecule has 2 unspecified atom stereocenters. The smallest absolute Gasteiger partial charge is 0.0831 e. The molecule has 2 aliphatic rings. The standard InChI is InChI=1S/C8H12N/c1-2-7-4-8(3-1)6-9-5-7/h7-8H,1-5H2/q+1. The van der Waals surface area contributed by atoms with Crippen LogP contribution in [-0.4, -0.2) is 6.54 Å². The van der Waals surface area contributed by atoms with Crippen molar-refractivity contribution in [3.8, 4) is 6.07 Å². The van der Waals surface area contributed by atoms with Gasteiger partial charge in [0, 0.05) is 5.92 Å². The van der Waals surface area contributed by atoms with E-state index >= 15 is 0 Å². The van der Waals surface area contributed by atoms with Gasteiger partial charge in [0.15, 0.2) is 0 Å². The van der Waals surface area contributed by atoms with Gasteiger partial charge in [0.2, 0.25) is 0 Å². The van der Waals surface area contributed by atoms with Crippen molar-refractivity contribution in [2.75, 3.05) is 6.54 Å². The van der Waals surface area contributed by atoms with E-state index in [0.717, 1.165) is 18.4 Å². The molecule has 0 N–H and O–H groups in total. The van der Waals surface area contributed by atoms with Gasteiger partial charge in [0.25, 0.3) is 12.6 Å². The van der Waals surface area contributed by atoms with Crippen LogP contribution in [0.1, 0.15) is 25.7 Å². The van der Waals surface area contributed by atoms with Gasteiger partial charge in [-0.1, -0.05) is 11.3 Å². The third kappa shape index (κ3) is 0.941. The summed E-state index contributed by atoms with van der Waals surface area (Å²) in [6, 6.07) is 3.18. The van der Waals surface area contributed by atoms with E-state index in [1.165, 1.54) is 25.7 Å². The van der Waals surface area contributed by atoms with Crippen LogP contribution in [0.4, 0.5) is 0 Å². The zero-order valence-electron chi connectivity index (χ0n) is 5.64. The molecule has 2 atom stereocenters. The van der Waals surface area contributed by atoms with Crippen molar-refractivity contribution >= 4 is 0 Å². The van der Waals surface area contributed by atoms with E-state index in [-0.39, 0.29) is 0 Å². The van der Waals surface area contributed by atoms with Gasteiger partial charge in [0.05, 0.1) is 5.92 Å². The van der Waals surface area contributed by atoms with E-state index in [1.807, 2.05) is 0 Å². The quantitative estimate of drug-likeness (QED) is 0.463. The summed E-state index contributed by atoms with van der Waals surface area (Å²) in [7, 11) is 0. The largest absolute Gasteiger partial charge is 0.276 e. The number of nitrogens with zero attached hydrogens (tertiary/aromatic N) is 1. The second kappa shape index (κ2) is 2.02. The van der Waals surface area contributed by atoms with Gasteiger partial charge in [-0.3, -0.25) is 0 Å². The first-order valence-corrected chi connectivity index (χ1v) is 3.87. The highest BCUT2D eigenvalue weighted by Crippen LogP contribution is 2.31. The number of hydrogen-bond acceptors (Lipinski definition) is 0. The number of fused-ring (bicyclic) bond motifs is 2. The van der Waals surface area contributed by atoms with Crippen molar-refractivity contribution < 1.29 is 0 Å². The van der Waals surface area contributed by atoms with Crippen LogP contribution in [0.3, 0.4) is 0 Å². The van der Waals surface area contributed by atoms with Crippen LogP contribution in [0.5, 0.6) is 0 Å². The Morgan fingerprint density at radius 2 is 2.33 bits per heavy atom. The maximum absolute atomic E-state index is 4.21. The molecule has 1 heteroatoms. The summed E-state index contributed by atoms with van der Waals surface area (Å²) in [4.78, 5) is 4.21. The zero-order chi connectivity index (χ0) is 6.10. The van der Waals surface area contributed by atoms with Crippen molar-refractivity contribution in [3.05, 3.63) is 4.85 Å². The lowest BCUT2D eigenvalue weighted by atomic mass is 9.81. The molecular formula is C8H12N+. The molecule has 1 fully saturated rings. The average molecular weight is 122 g/mol. The summed E-state index contributed by atoms with van der Waals surface area (Å²) >= 11 is 0. The fourth-order valence-electron chi connectivity index (χ4n) is 1.88. The molecule has 1 saturated carbocycles. The van der Waals surface area contributed by atoms with E-state index in [0.29, 0.717) is 0 Å². The fourth-order valence-corrected chi connectivity index (χ4v) is 1.88. The lowest BCUT2D eigenvalue weighted by Gasteiger charge is -2.20. The predicted octanol–water partition coefficient (Wildman–Crippen LogP) is 2.14. The minimum atomic E-state index is 0.734. The van der Waals surface area contributed by atoms with Crippen molar-refractivity contribution in [2.45, 2.75) is 25.7 Å². The van der Waals surface area contributed by atoms with Crippen LogP contribution < -0.4 is 0 Å². The maximum atomic E-state index is 4.21. The second-order valence-corrected chi connectivity index (χ2v) is 3.20. The Hall–Kier alpha value is -0.510. The van der Waals surface area contributed by atoms with Gasteiger partial charge >= 0.3 is 0 Å². The Kier molecular flexibility index (Phi) is 1.19. The molecule has 0 aromatic carbocycles. The third-order valence-corrected chi connectivity index (χ3v) is 2.41. The second-order valence-electron chi connectivity index (χ2n) is 3.20. The van der Waals surface area contributed by atoms with E-state index in [4.69, 9.17) is 0 Å². The zero-order valence-corrected chi connectivity index (χ0v) is 5.64. The Morgan fingerprint density at radius 3 is 3.11 bits per heavy atom. The molecule has 1 aliphatic carbocycles. The molecule has 1 nitrogen and oxygen atoms in total. The lowest BCUT2D eigenvalue weighted by molar-refractivity contribution is 0.317. The van der Waals surface area contributed by atoms with Gasteiger partial charge < -0.3 is 0 Å². The first-order chi connectivity index (χ1) is 4.45. The molecule has 2 bridgehead atoms. The van der Waals surface area contributed by atoms with Crippen molar-refractivity contribution in [1.82, 2.24) is 0 Å². The van der Waals surface area contributed by atoms with Crippen LogP contribution in [0.2, 0.25) is 0 Å². The van der Waals surface area contributed by atoms with Crippen molar-refractivity contribution in [1.29, 1.82) is 0 Å². The molecule has 9 heavy (non-hydrogen) atoms. The van der Waals surface area contributed by atoms with E-state index in [2.05, 4.69) is 10.9 Å². The van der Waals surface area contributed by atoms with Gasteiger partial charge in [-0.25, -0.2) is 0 Å². The minimum Gasteiger partial charge on any atom is -0.0831 e. The Labute approximate surface area is 55.9 Å². The summed E-state index contributed by atoms with van der Waals surface area (Å²) in [5.41, 5.74) is 0. The molecule has 48 valence electrons. The highest BCUT2D eigenvalue weighted by atomic mass is 14.7. The van der Waals surface area contributed by atoms with Gasteiger partial charge in [-0.2, -0.15) is 0 Å². The molecule has 0 aromatic rings. The van der Waals surface area contributed by atoms with E-state index < -0.39 is 0 Å². The average Bonchev–Trinajstić information content (AvgIpc) is 1.88. The lowest BCUT2D eigenvalue weighted by Crippen LogP contribution is -2.18. The molecule has 0 saturated heterocycles. The highest BCUT2D eigenvalue weighted by Gasteiger charge is 2.29. The first-order valence-electron chi connectivity index (χ1n) is 3.87. The predicted molar refractivity (Wildman–Crippen MR) is 37.6 cm³/mol. The molecule has 1 heterocycles. The SMILES string of the molecule is C1#[N+]CC2CCCC1C2. The molecule has 0 spiro atoms. The molecule has 0 amide bonds. The van der Waals surface area contributed by atoms with Gasteiger partial charge in [-0.15, -0.1) is 0 Å². The van der Waals surface area contributed by atoms with Crippen LogP contribution in [0.25, 0.3) is 4.85 Å². The maximum Gasteiger partial charge on any atom is 0.276 e. The molecule has 2 rings (SSSR count). The topological polar surface area (TPSA) is 4.36 Å². The molecule has 0 aromatic heterocycles. The highest BCUT2D eigenvalue weighted by molar-refractivity contribution is 5.02. The van der Waals surface area contributed by atoms with Crippen molar-refractivity contribution in [3.63, 3.8) is 0 Å². The van der Waals surface area contributed by atoms with E-state index in [9.17, 15) is 0 Å². The Morgan fingerprint density at radius 1 is 1.33 bits per heavy atom. The van der Waals surface area contributed by atoms with Crippen LogP contribution >= 0.6 is 0 Å². The Bertz CT molecular complexity index is 163. The molecular weight excluding hydrogens is 110 g/mol. The van der Waals surface area contributed by atoms with Crippen LogP contribution in [-0.2, 0) is 0 Å². The summed E-state index contributed by atoms with van der Waals surface area (Å²) in [6.07, 6.45) is 5.56. The van der Waals surface area contributed by atoms with Crippen LogP contribution in [0.15, 0.2) is 0 Å². The van der Waals surface area contributed by atoms with E-state index in [1.54, 1.807) is 0 Å². The van der Waals surface area contributed by atoms with Crippen LogP contribution in [0, 0.1) is 17.9 Å². The number of rotatable bonds is 0. The van der Waals surface area contributed by atoms with Gasteiger partial charge in [-0.05, 0) is 19.3 Å². The number of hydrogen-bond donors (Lipinski definition) is 0. The van der Waals surface area contributed by atoms with Gasteiger partial charge in [0.1, 0.15) is 0 Å². The molecule has 1 aliphatic heterocycles. The first kappa shape index (κ1) is 5.29. The fraction of sp³-hybridized carbons (Fsp3) is 0.875. The molecule has 0 radical (unpaired) electrons. The van der Waals surface area contributed by atoms with Crippen molar-refractivity contribution in [2.24, 2.45) is 11.8 Å². The summed E-state index contributed by atoms with van der Waals surface area (Å²) < 4.78 is 0.